The summed E-state index contributed by atoms with van der Waals surface area (Å²) in [5, 5.41) is 7.46. The summed E-state index contributed by atoms with van der Waals surface area (Å²) < 4.78 is 5.37. The molecule has 0 aliphatic carbocycles. The lowest BCUT2D eigenvalue weighted by molar-refractivity contribution is 0.239. The van der Waals surface area contributed by atoms with Crippen molar-refractivity contribution in [1.82, 2.24) is 15.0 Å². The molecule has 0 aromatic carbocycles. The van der Waals surface area contributed by atoms with Crippen LogP contribution in [0.5, 0.6) is 0 Å². The van der Waals surface area contributed by atoms with Crippen LogP contribution in [0.3, 0.4) is 0 Å². The molecule has 0 spiro atoms. The minimum absolute atomic E-state index is 0.398. The summed E-state index contributed by atoms with van der Waals surface area (Å²) in [4.78, 5) is 6.92. The predicted octanol–water partition coefficient (Wildman–Crippen LogP) is 3.59. The zero-order chi connectivity index (χ0) is 13.2. The number of rotatable bonds is 4. The largest absolute Gasteiger partial charge is 0.361 e. The monoisotopic (exact) mass is 277 g/mol. The Morgan fingerprint density at radius 2 is 2.42 bits per heavy atom. The van der Waals surface area contributed by atoms with Crippen molar-refractivity contribution in [2.24, 2.45) is 0 Å². The van der Waals surface area contributed by atoms with Gasteiger partial charge >= 0.3 is 0 Å². The molecular formula is C14H19N3OS. The van der Waals surface area contributed by atoms with E-state index in [0.29, 0.717) is 12.0 Å². The molecule has 0 bridgehead atoms. The molecule has 0 saturated carbocycles. The zero-order valence-corrected chi connectivity index (χ0v) is 12.2. The molecule has 3 rings (SSSR count). The van der Waals surface area contributed by atoms with E-state index >= 15 is 0 Å². The lowest BCUT2D eigenvalue weighted by Gasteiger charge is -2.21. The van der Waals surface area contributed by atoms with Gasteiger partial charge < -0.3 is 4.52 Å². The average molecular weight is 277 g/mol. The molecule has 2 aromatic rings. The van der Waals surface area contributed by atoms with Gasteiger partial charge in [0.15, 0.2) is 0 Å². The Labute approximate surface area is 117 Å². The molecule has 19 heavy (non-hydrogen) atoms. The maximum Gasteiger partial charge on any atom is 0.139 e. The number of likely N-dealkylation sites (tertiary alicyclic amines) is 1. The maximum atomic E-state index is 5.37. The second-order valence-electron chi connectivity index (χ2n) is 5.37. The molecule has 2 aromatic heterocycles. The average Bonchev–Trinajstić information content (AvgIpc) is 3.09. The second-order valence-corrected chi connectivity index (χ2v) is 6.30. The molecule has 1 aliphatic rings. The lowest BCUT2D eigenvalue weighted by Crippen LogP contribution is -2.22. The van der Waals surface area contributed by atoms with E-state index in [-0.39, 0.29) is 0 Å². The van der Waals surface area contributed by atoms with Crippen LogP contribution >= 0.6 is 11.3 Å². The predicted molar refractivity (Wildman–Crippen MR) is 75.1 cm³/mol. The van der Waals surface area contributed by atoms with E-state index in [1.165, 1.54) is 17.8 Å². The molecule has 1 saturated heterocycles. The van der Waals surface area contributed by atoms with E-state index in [9.17, 15) is 0 Å². The minimum atomic E-state index is 0.398. The summed E-state index contributed by atoms with van der Waals surface area (Å²) in [5.41, 5.74) is 1.03. The summed E-state index contributed by atoms with van der Waals surface area (Å²) in [6.45, 7) is 6.23. The molecule has 1 fully saturated rings. The number of thiazole rings is 1. The fourth-order valence-corrected chi connectivity index (χ4v) is 3.38. The van der Waals surface area contributed by atoms with Crippen molar-refractivity contribution < 1.29 is 4.52 Å². The number of nitrogens with zero attached hydrogens (tertiary/aromatic N) is 3. The zero-order valence-electron chi connectivity index (χ0n) is 11.4. The van der Waals surface area contributed by atoms with Gasteiger partial charge in [-0.3, -0.25) is 4.90 Å². The fraction of sp³-hybridized carbons (Fsp3) is 0.571. The highest BCUT2D eigenvalue weighted by atomic mass is 32.1. The Bertz CT molecular complexity index is 521. The Hall–Kier alpha value is -1.20. The van der Waals surface area contributed by atoms with Crippen LogP contribution in [0.15, 0.2) is 22.2 Å². The van der Waals surface area contributed by atoms with Gasteiger partial charge in [0.1, 0.15) is 10.8 Å². The fourth-order valence-electron chi connectivity index (χ4n) is 2.58. The summed E-state index contributed by atoms with van der Waals surface area (Å²) in [6.07, 6.45) is 4.32. The summed E-state index contributed by atoms with van der Waals surface area (Å²) in [6, 6.07) is 2.54. The highest BCUT2D eigenvalue weighted by Gasteiger charge is 2.28. The van der Waals surface area contributed by atoms with Gasteiger partial charge in [0.25, 0.3) is 0 Å². The van der Waals surface area contributed by atoms with Crippen molar-refractivity contribution in [2.75, 3.05) is 6.54 Å². The van der Waals surface area contributed by atoms with Crippen molar-refractivity contribution in [1.29, 1.82) is 0 Å². The van der Waals surface area contributed by atoms with Crippen LogP contribution in [0.1, 0.15) is 55.1 Å². The molecule has 102 valence electrons. The van der Waals surface area contributed by atoms with Crippen LogP contribution in [0, 0.1) is 0 Å². The van der Waals surface area contributed by atoms with Crippen molar-refractivity contribution >= 4 is 11.3 Å². The first-order valence-electron chi connectivity index (χ1n) is 6.83. The van der Waals surface area contributed by atoms with Gasteiger partial charge in [-0.2, -0.15) is 0 Å². The standard InChI is InChI=1S/C14H19N3OS/c1-10(2)13-8-11(16-18-13)9-17-6-3-4-12(17)14-15-5-7-19-14/h5,7-8,10,12H,3-4,6,9H2,1-2H3. The Morgan fingerprint density at radius 1 is 1.53 bits per heavy atom. The summed E-state index contributed by atoms with van der Waals surface area (Å²) >= 11 is 1.75. The molecule has 1 atom stereocenters. The number of hydrogen-bond acceptors (Lipinski definition) is 5. The number of aromatic nitrogens is 2. The minimum Gasteiger partial charge on any atom is -0.361 e. The molecule has 1 unspecified atom stereocenters. The molecule has 1 aliphatic heterocycles. The first kappa shape index (κ1) is 12.8. The molecule has 0 amide bonds. The molecule has 5 heteroatoms. The van der Waals surface area contributed by atoms with Gasteiger partial charge in [0.05, 0.1) is 11.7 Å². The first-order chi connectivity index (χ1) is 9.24. The van der Waals surface area contributed by atoms with Crippen LogP contribution in [0.2, 0.25) is 0 Å². The van der Waals surface area contributed by atoms with Crippen LogP contribution in [0.25, 0.3) is 0 Å². The topological polar surface area (TPSA) is 42.2 Å². The Balaban J connectivity index is 1.71. The molecule has 0 N–H and O–H groups in total. The summed E-state index contributed by atoms with van der Waals surface area (Å²) in [7, 11) is 0. The van der Waals surface area contributed by atoms with E-state index in [1.807, 2.05) is 6.20 Å². The molecule has 3 heterocycles. The van der Waals surface area contributed by atoms with Gasteiger partial charge in [0.2, 0.25) is 0 Å². The van der Waals surface area contributed by atoms with Crippen molar-refractivity contribution in [3.63, 3.8) is 0 Å². The van der Waals surface area contributed by atoms with E-state index < -0.39 is 0 Å². The van der Waals surface area contributed by atoms with Crippen molar-refractivity contribution in [3.8, 4) is 0 Å². The Kier molecular flexibility index (Phi) is 3.66. The summed E-state index contributed by atoms with van der Waals surface area (Å²) in [5.74, 6) is 1.37. The van der Waals surface area contributed by atoms with Gasteiger partial charge in [0, 0.05) is 30.1 Å². The maximum absolute atomic E-state index is 5.37. The van der Waals surface area contributed by atoms with Crippen molar-refractivity contribution in [3.05, 3.63) is 34.1 Å². The normalized spacial score (nSPS) is 20.5. The van der Waals surface area contributed by atoms with Crippen LogP contribution in [-0.2, 0) is 6.54 Å². The van der Waals surface area contributed by atoms with Gasteiger partial charge in [-0.25, -0.2) is 4.98 Å². The highest BCUT2D eigenvalue weighted by molar-refractivity contribution is 7.09. The van der Waals surface area contributed by atoms with Crippen LogP contribution in [-0.4, -0.2) is 21.6 Å². The van der Waals surface area contributed by atoms with Gasteiger partial charge in [-0.1, -0.05) is 19.0 Å². The molecule has 0 radical (unpaired) electrons. The third-order valence-electron chi connectivity index (χ3n) is 3.61. The highest BCUT2D eigenvalue weighted by Crippen LogP contribution is 2.34. The van der Waals surface area contributed by atoms with E-state index in [1.54, 1.807) is 11.3 Å². The molecule has 4 nitrogen and oxygen atoms in total. The van der Waals surface area contributed by atoms with E-state index in [4.69, 9.17) is 4.52 Å². The van der Waals surface area contributed by atoms with Crippen LogP contribution in [0.4, 0.5) is 0 Å². The first-order valence-corrected chi connectivity index (χ1v) is 7.71. The third-order valence-corrected chi connectivity index (χ3v) is 4.49. The van der Waals surface area contributed by atoms with Crippen molar-refractivity contribution in [2.45, 2.75) is 45.2 Å². The smallest absolute Gasteiger partial charge is 0.139 e. The van der Waals surface area contributed by atoms with Gasteiger partial charge in [-0.05, 0) is 19.4 Å². The van der Waals surface area contributed by atoms with Gasteiger partial charge in [-0.15, -0.1) is 11.3 Å². The van der Waals surface area contributed by atoms with E-state index in [2.05, 4.69) is 40.3 Å². The number of hydrogen-bond donors (Lipinski definition) is 0. The van der Waals surface area contributed by atoms with E-state index in [0.717, 1.165) is 24.5 Å². The second kappa shape index (κ2) is 5.43. The molecular weight excluding hydrogens is 258 g/mol. The third kappa shape index (κ3) is 2.72. The lowest BCUT2D eigenvalue weighted by atomic mass is 10.1. The SMILES string of the molecule is CC(C)c1cc(CN2CCCC2c2nccs2)no1. The van der Waals surface area contributed by atoms with Crippen LogP contribution < -0.4 is 0 Å². The quantitative estimate of drug-likeness (QED) is 0.856. The Morgan fingerprint density at radius 3 is 3.11 bits per heavy atom.